The maximum atomic E-state index is 6.97. The summed E-state index contributed by atoms with van der Waals surface area (Å²) in [4.78, 5) is 0. The van der Waals surface area contributed by atoms with Crippen LogP contribution >= 0.6 is 7.74 Å². The van der Waals surface area contributed by atoms with E-state index in [1.807, 2.05) is 20.8 Å². The van der Waals surface area contributed by atoms with Gasteiger partial charge >= 0.3 is 235 Å². The molecule has 0 unspecified atom stereocenters. The van der Waals surface area contributed by atoms with Crippen LogP contribution in [0.25, 0.3) is 33.4 Å². The molecule has 0 radical (unpaired) electrons. The fourth-order valence-electron chi connectivity index (χ4n) is 6.14. The van der Waals surface area contributed by atoms with E-state index >= 15 is 0 Å². The Labute approximate surface area is 235 Å². The van der Waals surface area contributed by atoms with Crippen LogP contribution in [-0.2, 0) is 22.6 Å². The van der Waals surface area contributed by atoms with Crippen molar-refractivity contribution in [2.24, 2.45) is 0 Å². The van der Waals surface area contributed by atoms with E-state index in [4.69, 9.17) is 22.6 Å². The van der Waals surface area contributed by atoms with Crippen LogP contribution in [0.2, 0.25) is 0 Å². The van der Waals surface area contributed by atoms with Gasteiger partial charge in [0.2, 0.25) is 0 Å². The zero-order chi connectivity index (χ0) is 27.3. The van der Waals surface area contributed by atoms with Crippen molar-refractivity contribution in [2.45, 2.75) is 20.8 Å². The first-order valence-corrected chi connectivity index (χ1v) is 15.7. The first-order valence-electron chi connectivity index (χ1n) is 13.9. The molecule has 40 heavy (non-hydrogen) atoms. The van der Waals surface area contributed by atoms with Crippen molar-refractivity contribution in [3.8, 4) is 22.3 Å². The van der Waals surface area contributed by atoms with Gasteiger partial charge in [0.1, 0.15) is 0 Å². The molecule has 1 aliphatic heterocycles. The van der Waals surface area contributed by atoms with Crippen LogP contribution < -0.4 is 0 Å². The zero-order valence-corrected chi connectivity index (χ0v) is 23.7. The molecule has 2 aliphatic carbocycles. The summed E-state index contributed by atoms with van der Waals surface area (Å²) in [5, 5.41) is 0. The molecule has 0 N–H and O–H groups in total. The second kappa shape index (κ2) is 9.43. The summed E-state index contributed by atoms with van der Waals surface area (Å²) in [6, 6.07) is 33.6. The predicted octanol–water partition coefficient (Wildman–Crippen LogP) is 9.15. The SMILES string of the molecule is CCOP1(OCC)(OCC)OC(=C2c3ccccc3-c3ccccc32)C(=C2c3ccccc3-c3ccccc32)O1. The molecule has 6 heteroatoms. The molecule has 0 spiro atoms. The summed E-state index contributed by atoms with van der Waals surface area (Å²) in [6.07, 6.45) is 0. The number of hydrogen-bond donors (Lipinski definition) is 0. The van der Waals surface area contributed by atoms with Gasteiger partial charge in [0.05, 0.1) is 0 Å². The minimum atomic E-state index is -4.55. The second-order valence-electron chi connectivity index (χ2n) is 9.77. The molecule has 5 nitrogen and oxygen atoms in total. The van der Waals surface area contributed by atoms with Gasteiger partial charge < -0.3 is 0 Å². The van der Waals surface area contributed by atoms with Crippen molar-refractivity contribution in [2.75, 3.05) is 19.8 Å². The van der Waals surface area contributed by atoms with Crippen LogP contribution in [0.5, 0.6) is 0 Å². The van der Waals surface area contributed by atoms with Crippen molar-refractivity contribution in [3.05, 3.63) is 131 Å². The molecule has 3 aliphatic rings. The molecular weight excluding hydrogens is 519 g/mol. The standard InChI is InChI=1S/C34H31O5P/c1-4-35-40(36-5-2,37-6-3)38-33(31-27-19-11-7-15-23(27)24-16-8-12-20-28(24)31)34(39-40)32-29-21-13-9-17-25(29)26-18-10-14-22-30(26)32/h7-22H,4-6H2,1-3H3. The van der Waals surface area contributed by atoms with Crippen molar-refractivity contribution in [1.29, 1.82) is 0 Å². The van der Waals surface area contributed by atoms with Gasteiger partial charge in [0, 0.05) is 0 Å². The van der Waals surface area contributed by atoms with Crippen molar-refractivity contribution in [3.63, 3.8) is 0 Å². The van der Waals surface area contributed by atoms with Gasteiger partial charge in [-0.2, -0.15) is 0 Å². The third kappa shape index (κ3) is 3.56. The van der Waals surface area contributed by atoms with Crippen LogP contribution in [0, 0.1) is 0 Å². The second-order valence-corrected chi connectivity index (χ2v) is 12.4. The normalized spacial score (nSPS) is 18.2. The topological polar surface area (TPSA) is 46.2 Å². The molecule has 0 aromatic heterocycles. The van der Waals surface area contributed by atoms with Crippen molar-refractivity contribution < 1.29 is 22.6 Å². The first-order chi connectivity index (χ1) is 19.6. The summed E-state index contributed by atoms with van der Waals surface area (Å²) in [6.45, 7) is 6.59. The van der Waals surface area contributed by atoms with Crippen LogP contribution in [0.15, 0.2) is 109 Å². The summed E-state index contributed by atoms with van der Waals surface area (Å²) in [5.74, 6) is 1.15. The Morgan fingerprint density at radius 2 is 0.675 bits per heavy atom. The molecule has 1 heterocycles. The van der Waals surface area contributed by atoms with E-state index < -0.39 is 7.74 Å². The first kappa shape index (κ1) is 25.3. The minimum absolute atomic E-state index is 0.295. The number of rotatable bonds is 6. The zero-order valence-electron chi connectivity index (χ0n) is 22.8. The predicted molar refractivity (Wildman–Crippen MR) is 160 cm³/mol. The molecule has 0 bridgehead atoms. The molecule has 1 saturated heterocycles. The monoisotopic (exact) mass is 550 g/mol. The molecule has 0 saturated carbocycles. The Morgan fingerprint density at radius 3 is 0.925 bits per heavy atom. The van der Waals surface area contributed by atoms with E-state index in [1.165, 1.54) is 0 Å². The summed E-state index contributed by atoms with van der Waals surface area (Å²) >= 11 is 0. The van der Waals surface area contributed by atoms with Crippen LogP contribution in [0.4, 0.5) is 0 Å². The quantitative estimate of drug-likeness (QED) is 0.194. The van der Waals surface area contributed by atoms with E-state index in [1.54, 1.807) is 0 Å². The Kier molecular flexibility index (Phi) is 5.95. The fraction of sp³-hybridized carbons (Fsp3) is 0.176. The Morgan fingerprint density at radius 1 is 0.425 bits per heavy atom. The van der Waals surface area contributed by atoms with Gasteiger partial charge in [-0.05, 0) is 0 Å². The Bertz CT molecular complexity index is 1490. The molecule has 7 rings (SSSR count). The number of fused-ring (bicyclic) bond motifs is 6. The van der Waals surface area contributed by atoms with E-state index in [-0.39, 0.29) is 0 Å². The van der Waals surface area contributed by atoms with Crippen LogP contribution in [-0.4, -0.2) is 19.8 Å². The maximum absolute atomic E-state index is 6.97. The van der Waals surface area contributed by atoms with E-state index in [9.17, 15) is 0 Å². The average molecular weight is 551 g/mol. The number of hydrogen-bond acceptors (Lipinski definition) is 5. The van der Waals surface area contributed by atoms with Gasteiger partial charge in [-0.15, -0.1) is 0 Å². The average Bonchev–Trinajstić information content (AvgIpc) is 3.60. The van der Waals surface area contributed by atoms with Gasteiger partial charge in [-0.3, -0.25) is 0 Å². The van der Waals surface area contributed by atoms with E-state index in [0.717, 1.165) is 55.7 Å². The third-order valence-corrected chi connectivity index (χ3v) is 10.5. The van der Waals surface area contributed by atoms with Crippen molar-refractivity contribution in [1.82, 2.24) is 0 Å². The van der Waals surface area contributed by atoms with E-state index in [2.05, 4.69) is 97.1 Å². The Hall–Kier alpha value is -3.73. The summed E-state index contributed by atoms with van der Waals surface area (Å²) < 4.78 is 33.0. The molecule has 1 fully saturated rings. The molecule has 202 valence electrons. The molecule has 0 atom stereocenters. The van der Waals surface area contributed by atoms with Crippen molar-refractivity contribution >= 4 is 18.9 Å². The summed E-state index contributed by atoms with van der Waals surface area (Å²) in [7, 11) is -4.55. The third-order valence-electron chi connectivity index (χ3n) is 7.53. The van der Waals surface area contributed by atoms with Gasteiger partial charge in [0.15, 0.2) is 0 Å². The summed E-state index contributed by atoms with van der Waals surface area (Å²) in [5.41, 5.74) is 10.8. The molecule has 0 amide bonds. The Balaban J connectivity index is 1.63. The number of benzene rings is 4. The van der Waals surface area contributed by atoms with Gasteiger partial charge in [-0.1, -0.05) is 0 Å². The molecular formula is C34H31O5P. The molecule has 4 aromatic rings. The van der Waals surface area contributed by atoms with E-state index in [0.29, 0.717) is 31.3 Å². The fourth-order valence-corrected chi connectivity index (χ4v) is 8.93. The van der Waals surface area contributed by atoms with Crippen LogP contribution in [0.1, 0.15) is 43.0 Å². The van der Waals surface area contributed by atoms with Crippen LogP contribution in [0.3, 0.4) is 0 Å². The van der Waals surface area contributed by atoms with Gasteiger partial charge in [-0.25, -0.2) is 0 Å². The molecule has 4 aromatic carbocycles. The van der Waals surface area contributed by atoms with Gasteiger partial charge in [0.25, 0.3) is 0 Å².